The summed E-state index contributed by atoms with van der Waals surface area (Å²) in [6.45, 7) is 1.94. The molecule has 0 radical (unpaired) electrons. The Balaban J connectivity index is 1.94. The molecule has 0 saturated carbocycles. The Bertz CT molecular complexity index is 917. The van der Waals surface area contributed by atoms with Crippen molar-refractivity contribution in [1.29, 1.82) is 0 Å². The number of oxazole rings is 1. The Kier molecular flexibility index (Phi) is 3.83. The van der Waals surface area contributed by atoms with Gasteiger partial charge in [-0.25, -0.2) is 13.6 Å². The zero-order valence-corrected chi connectivity index (χ0v) is 13.6. The number of fused-ring (bicyclic) bond motifs is 1. The first-order valence-corrected chi connectivity index (χ1v) is 8.62. The van der Waals surface area contributed by atoms with Gasteiger partial charge in [0, 0.05) is 7.05 Å². The van der Waals surface area contributed by atoms with Crippen molar-refractivity contribution in [2.75, 3.05) is 11.9 Å². The summed E-state index contributed by atoms with van der Waals surface area (Å²) in [6, 6.07) is 14.4. The summed E-state index contributed by atoms with van der Waals surface area (Å²) in [5.74, 6) is 0. The minimum atomic E-state index is -3.73. The Morgan fingerprint density at radius 3 is 2.61 bits per heavy atom. The largest absolute Gasteiger partial charge is 0.423 e. The monoisotopic (exact) mass is 331 g/mol. The van der Waals surface area contributed by atoms with Crippen LogP contribution in [0, 0.1) is 0 Å². The number of aromatic nitrogens is 1. The van der Waals surface area contributed by atoms with Crippen LogP contribution < -0.4 is 10.0 Å². The zero-order chi connectivity index (χ0) is 16.6. The fourth-order valence-electron chi connectivity index (χ4n) is 2.35. The molecule has 3 aromatic rings. The number of hydrogen-bond acceptors (Lipinski definition) is 5. The van der Waals surface area contributed by atoms with E-state index in [4.69, 9.17) is 9.56 Å². The molecule has 0 amide bonds. The maximum absolute atomic E-state index is 11.5. The maximum atomic E-state index is 11.5. The van der Waals surface area contributed by atoms with Crippen molar-refractivity contribution in [1.82, 2.24) is 4.98 Å². The van der Waals surface area contributed by atoms with Crippen LogP contribution in [0.2, 0.25) is 0 Å². The van der Waals surface area contributed by atoms with E-state index in [1.165, 1.54) is 6.07 Å². The Morgan fingerprint density at radius 1 is 1.17 bits per heavy atom. The number of nitrogens with two attached hydrogens (primary N) is 1. The molecule has 7 heteroatoms. The molecule has 1 heterocycles. The lowest BCUT2D eigenvalue weighted by Crippen LogP contribution is -2.22. The van der Waals surface area contributed by atoms with E-state index in [1.807, 2.05) is 49.2 Å². The standard InChI is InChI=1S/C16H17N3O3S/c1-11(12-6-5-7-13(10-12)23(17,20)21)19(2)16-18-14-8-3-4-9-15(14)22-16/h3-11H,1-2H3,(H2,17,20,21)/t11-/m0/s1. The fraction of sp³-hybridized carbons (Fsp3) is 0.188. The van der Waals surface area contributed by atoms with E-state index < -0.39 is 10.0 Å². The zero-order valence-electron chi connectivity index (χ0n) is 12.8. The molecule has 1 aromatic heterocycles. The van der Waals surface area contributed by atoms with Crippen molar-refractivity contribution >= 4 is 27.1 Å². The number of para-hydroxylation sites is 2. The lowest BCUT2D eigenvalue weighted by Gasteiger charge is -2.23. The summed E-state index contributed by atoms with van der Waals surface area (Å²) in [4.78, 5) is 6.39. The first-order valence-electron chi connectivity index (χ1n) is 7.07. The third kappa shape index (κ3) is 3.06. The normalized spacial score (nSPS) is 13.2. The maximum Gasteiger partial charge on any atom is 0.298 e. The second-order valence-corrected chi connectivity index (χ2v) is 6.93. The Hall–Kier alpha value is -2.38. The lowest BCUT2D eigenvalue weighted by molar-refractivity contribution is 0.557. The summed E-state index contributed by atoms with van der Waals surface area (Å²) < 4.78 is 28.7. The van der Waals surface area contributed by atoms with E-state index in [0.29, 0.717) is 11.6 Å². The highest BCUT2D eigenvalue weighted by atomic mass is 32.2. The molecule has 6 nitrogen and oxygen atoms in total. The molecule has 0 aliphatic carbocycles. The number of nitrogens with zero attached hydrogens (tertiary/aromatic N) is 2. The smallest absolute Gasteiger partial charge is 0.298 e. The summed E-state index contributed by atoms with van der Waals surface area (Å²) in [6.07, 6.45) is 0. The average Bonchev–Trinajstić information content (AvgIpc) is 2.97. The predicted octanol–water partition coefficient (Wildman–Crippen LogP) is 2.67. The summed E-state index contributed by atoms with van der Waals surface area (Å²) in [7, 11) is -1.88. The van der Waals surface area contributed by atoms with Gasteiger partial charge in [0.25, 0.3) is 6.01 Å². The molecule has 2 N–H and O–H groups in total. The molecule has 0 fully saturated rings. The van der Waals surface area contributed by atoms with Gasteiger partial charge < -0.3 is 9.32 Å². The molecule has 23 heavy (non-hydrogen) atoms. The number of primary sulfonamides is 1. The molecular formula is C16H17N3O3S. The highest BCUT2D eigenvalue weighted by Gasteiger charge is 2.19. The molecule has 0 aliphatic heterocycles. The average molecular weight is 331 g/mol. The summed E-state index contributed by atoms with van der Waals surface area (Å²) >= 11 is 0. The predicted molar refractivity (Wildman–Crippen MR) is 88.6 cm³/mol. The van der Waals surface area contributed by atoms with Crippen LogP contribution in [0.1, 0.15) is 18.5 Å². The van der Waals surface area contributed by atoms with Gasteiger partial charge in [-0.15, -0.1) is 0 Å². The van der Waals surface area contributed by atoms with Crippen molar-refractivity contribution in [3.05, 3.63) is 54.1 Å². The van der Waals surface area contributed by atoms with Gasteiger partial charge in [-0.3, -0.25) is 0 Å². The Labute approximate surface area is 134 Å². The molecular weight excluding hydrogens is 314 g/mol. The van der Waals surface area contributed by atoms with Gasteiger partial charge in [-0.1, -0.05) is 24.3 Å². The van der Waals surface area contributed by atoms with Crippen LogP contribution in [-0.4, -0.2) is 20.4 Å². The SMILES string of the molecule is C[C@@H](c1cccc(S(N)(=O)=O)c1)N(C)c1nc2ccccc2o1. The number of sulfonamides is 1. The number of benzene rings is 2. The fourth-order valence-corrected chi connectivity index (χ4v) is 2.92. The molecule has 0 aliphatic rings. The van der Waals surface area contributed by atoms with Crippen LogP contribution in [0.4, 0.5) is 6.01 Å². The molecule has 0 saturated heterocycles. The molecule has 1 atom stereocenters. The molecule has 3 rings (SSSR count). The van der Waals surface area contributed by atoms with Crippen molar-refractivity contribution in [2.45, 2.75) is 17.9 Å². The van der Waals surface area contributed by atoms with E-state index in [2.05, 4.69) is 4.98 Å². The molecule has 0 bridgehead atoms. The lowest BCUT2D eigenvalue weighted by atomic mass is 10.1. The van der Waals surface area contributed by atoms with Gasteiger partial charge in [0.05, 0.1) is 10.9 Å². The van der Waals surface area contributed by atoms with Crippen LogP contribution in [0.25, 0.3) is 11.1 Å². The van der Waals surface area contributed by atoms with Gasteiger partial charge >= 0.3 is 0 Å². The topological polar surface area (TPSA) is 89.4 Å². The number of rotatable bonds is 4. The third-order valence-electron chi connectivity index (χ3n) is 3.83. The second kappa shape index (κ2) is 5.68. The highest BCUT2D eigenvalue weighted by Crippen LogP contribution is 2.28. The van der Waals surface area contributed by atoms with Crippen molar-refractivity contribution in [3.63, 3.8) is 0 Å². The van der Waals surface area contributed by atoms with Crippen molar-refractivity contribution in [3.8, 4) is 0 Å². The van der Waals surface area contributed by atoms with E-state index in [-0.39, 0.29) is 10.9 Å². The first-order chi connectivity index (χ1) is 10.9. The van der Waals surface area contributed by atoms with Gasteiger partial charge in [0.15, 0.2) is 5.58 Å². The third-order valence-corrected chi connectivity index (χ3v) is 4.75. The molecule has 0 spiro atoms. The van der Waals surface area contributed by atoms with Crippen LogP contribution in [-0.2, 0) is 10.0 Å². The molecule has 120 valence electrons. The van der Waals surface area contributed by atoms with Crippen LogP contribution in [0.3, 0.4) is 0 Å². The quantitative estimate of drug-likeness (QED) is 0.794. The van der Waals surface area contributed by atoms with Gasteiger partial charge in [0.1, 0.15) is 5.52 Å². The van der Waals surface area contributed by atoms with Crippen LogP contribution in [0.5, 0.6) is 0 Å². The van der Waals surface area contributed by atoms with Crippen LogP contribution in [0.15, 0.2) is 57.8 Å². The van der Waals surface area contributed by atoms with Gasteiger partial charge in [0.2, 0.25) is 10.0 Å². The number of anilines is 1. The highest BCUT2D eigenvalue weighted by molar-refractivity contribution is 7.89. The van der Waals surface area contributed by atoms with Gasteiger partial charge in [-0.2, -0.15) is 4.98 Å². The molecule has 0 unspecified atom stereocenters. The Morgan fingerprint density at radius 2 is 1.91 bits per heavy atom. The van der Waals surface area contributed by atoms with Crippen LogP contribution >= 0.6 is 0 Å². The molecule has 2 aromatic carbocycles. The van der Waals surface area contributed by atoms with Crippen molar-refractivity contribution in [2.24, 2.45) is 5.14 Å². The van der Waals surface area contributed by atoms with Crippen molar-refractivity contribution < 1.29 is 12.8 Å². The van der Waals surface area contributed by atoms with E-state index in [1.54, 1.807) is 12.1 Å². The minimum Gasteiger partial charge on any atom is -0.423 e. The summed E-state index contributed by atoms with van der Waals surface area (Å²) in [5, 5.41) is 5.19. The first kappa shape index (κ1) is 15.5. The second-order valence-electron chi connectivity index (χ2n) is 5.37. The number of hydrogen-bond donors (Lipinski definition) is 1. The van der Waals surface area contributed by atoms with E-state index in [0.717, 1.165) is 11.1 Å². The van der Waals surface area contributed by atoms with Gasteiger partial charge in [-0.05, 0) is 36.8 Å². The minimum absolute atomic E-state index is 0.0906. The summed E-state index contributed by atoms with van der Waals surface area (Å²) in [5.41, 5.74) is 2.29. The van der Waals surface area contributed by atoms with E-state index in [9.17, 15) is 8.42 Å². The van der Waals surface area contributed by atoms with E-state index >= 15 is 0 Å².